The Kier molecular flexibility index (Phi) is 5.03. The first kappa shape index (κ1) is 17.0. The van der Waals surface area contributed by atoms with Crippen LogP contribution in [0.1, 0.15) is 49.7 Å². The van der Waals surface area contributed by atoms with Crippen LogP contribution in [-0.4, -0.2) is 30.1 Å². The molecule has 0 saturated heterocycles. The predicted molar refractivity (Wildman–Crippen MR) is 82.6 cm³/mol. The zero-order chi connectivity index (χ0) is 17.1. The second-order valence-electron chi connectivity index (χ2n) is 5.99. The van der Waals surface area contributed by atoms with E-state index < -0.39 is 23.9 Å². The van der Waals surface area contributed by atoms with Crippen LogP contribution in [0, 0.1) is 5.92 Å². The van der Waals surface area contributed by atoms with Crippen molar-refractivity contribution < 1.29 is 23.9 Å². The topological polar surface area (TPSA) is 81.7 Å². The number of carbonyl (C=O) groups is 3. The molecule has 0 unspecified atom stereocenters. The van der Waals surface area contributed by atoms with Crippen LogP contribution in [0.15, 0.2) is 24.3 Å². The molecule has 1 aromatic rings. The van der Waals surface area contributed by atoms with Crippen LogP contribution in [-0.2, 0) is 19.1 Å². The quantitative estimate of drug-likeness (QED) is 0.663. The normalized spacial score (nSPS) is 16.5. The highest BCUT2D eigenvalue weighted by Gasteiger charge is 2.44. The van der Waals surface area contributed by atoms with Gasteiger partial charge in [0.15, 0.2) is 5.92 Å². The molecule has 1 atom stereocenters. The average molecular weight is 319 g/mol. The molecular weight excluding hydrogens is 298 g/mol. The highest BCUT2D eigenvalue weighted by atomic mass is 16.6. The van der Waals surface area contributed by atoms with E-state index >= 15 is 0 Å². The number of rotatable bonds is 5. The maximum atomic E-state index is 12.4. The Hall–Kier alpha value is -2.37. The van der Waals surface area contributed by atoms with Gasteiger partial charge in [-0.25, -0.2) is 0 Å². The third-order valence-corrected chi connectivity index (χ3v) is 3.37. The number of esters is 2. The van der Waals surface area contributed by atoms with Crippen LogP contribution >= 0.6 is 0 Å². The third-order valence-electron chi connectivity index (χ3n) is 3.37. The lowest BCUT2D eigenvalue weighted by Gasteiger charge is -2.23. The summed E-state index contributed by atoms with van der Waals surface area (Å²) in [4.78, 5) is 36.9. The molecule has 1 aromatic carbocycles. The Bertz CT molecular complexity index is 601. The molecule has 23 heavy (non-hydrogen) atoms. The first-order chi connectivity index (χ1) is 10.8. The van der Waals surface area contributed by atoms with Crippen LogP contribution in [0.3, 0.4) is 0 Å². The summed E-state index contributed by atoms with van der Waals surface area (Å²) >= 11 is 0. The number of hydrogen-bond donors (Lipinski definition) is 1. The van der Waals surface area contributed by atoms with E-state index in [0.717, 1.165) is 0 Å². The van der Waals surface area contributed by atoms with E-state index in [0.29, 0.717) is 11.1 Å². The van der Waals surface area contributed by atoms with Gasteiger partial charge in [-0.2, -0.15) is 0 Å². The molecule has 6 nitrogen and oxygen atoms in total. The lowest BCUT2D eigenvalue weighted by Crippen LogP contribution is -2.39. The minimum absolute atomic E-state index is 0.315. The molecule has 0 aromatic heterocycles. The Morgan fingerprint density at radius 3 is 2.04 bits per heavy atom. The molecule has 0 bridgehead atoms. The van der Waals surface area contributed by atoms with Gasteiger partial charge in [-0.15, -0.1) is 0 Å². The molecule has 6 heteroatoms. The maximum absolute atomic E-state index is 12.4. The zero-order valence-electron chi connectivity index (χ0n) is 13.7. The number of benzene rings is 1. The van der Waals surface area contributed by atoms with Crippen molar-refractivity contribution in [1.82, 2.24) is 5.32 Å². The summed E-state index contributed by atoms with van der Waals surface area (Å²) in [6, 6.07) is 6.08. The summed E-state index contributed by atoms with van der Waals surface area (Å²) in [5.41, 5.74) is 1.06. The fraction of sp³-hybridized carbons (Fsp3) is 0.471. The third kappa shape index (κ3) is 3.70. The van der Waals surface area contributed by atoms with Crippen LogP contribution in [0.2, 0.25) is 0 Å². The van der Waals surface area contributed by atoms with E-state index in [-0.39, 0.29) is 18.1 Å². The minimum Gasteiger partial charge on any atom is -0.462 e. The monoisotopic (exact) mass is 319 g/mol. The molecular formula is C17H21NO5. The highest BCUT2D eigenvalue weighted by molar-refractivity contribution is 6.03. The lowest BCUT2D eigenvalue weighted by molar-refractivity contribution is -0.167. The molecule has 1 N–H and O–H groups in total. The van der Waals surface area contributed by atoms with E-state index in [1.807, 2.05) is 0 Å². The number of hydrogen-bond acceptors (Lipinski definition) is 5. The lowest BCUT2D eigenvalue weighted by atomic mass is 9.93. The summed E-state index contributed by atoms with van der Waals surface area (Å²) in [5.74, 6) is -2.95. The van der Waals surface area contributed by atoms with E-state index in [4.69, 9.17) is 9.47 Å². The summed E-state index contributed by atoms with van der Waals surface area (Å²) < 4.78 is 10.4. The summed E-state index contributed by atoms with van der Waals surface area (Å²) in [6.45, 7) is 6.79. The summed E-state index contributed by atoms with van der Waals surface area (Å²) in [5, 5.41) is 2.69. The molecule has 1 aliphatic heterocycles. The first-order valence-corrected chi connectivity index (χ1v) is 7.62. The molecule has 1 heterocycles. The SMILES string of the molecule is CC(C)OC(=O)C(C(=O)OC(C)C)[C@H]1NC(=O)c2ccccc21. The van der Waals surface area contributed by atoms with Gasteiger partial charge in [0, 0.05) is 5.56 Å². The van der Waals surface area contributed by atoms with Crippen LogP contribution in [0.25, 0.3) is 0 Å². The van der Waals surface area contributed by atoms with Crippen LogP contribution < -0.4 is 5.32 Å². The molecule has 124 valence electrons. The van der Waals surface area contributed by atoms with Crippen molar-refractivity contribution in [2.45, 2.75) is 45.9 Å². The predicted octanol–water partition coefficient (Wildman–Crippen LogP) is 1.99. The van der Waals surface area contributed by atoms with E-state index in [1.165, 1.54) is 0 Å². The number of amides is 1. The second-order valence-corrected chi connectivity index (χ2v) is 5.99. The minimum atomic E-state index is -1.23. The second kappa shape index (κ2) is 6.81. The summed E-state index contributed by atoms with van der Waals surface area (Å²) in [6.07, 6.45) is -0.742. The van der Waals surface area contributed by atoms with Crippen LogP contribution in [0.4, 0.5) is 0 Å². The molecule has 1 aliphatic rings. The average Bonchev–Trinajstić information content (AvgIpc) is 2.75. The number of carbonyl (C=O) groups excluding carboxylic acids is 3. The molecule has 2 rings (SSSR count). The Labute approximate surface area is 135 Å². The highest BCUT2D eigenvalue weighted by Crippen LogP contribution is 2.33. The van der Waals surface area contributed by atoms with Crippen molar-refractivity contribution in [2.24, 2.45) is 5.92 Å². The van der Waals surface area contributed by atoms with Gasteiger partial charge >= 0.3 is 11.9 Å². The van der Waals surface area contributed by atoms with Gasteiger partial charge in [-0.3, -0.25) is 14.4 Å². The van der Waals surface area contributed by atoms with E-state index in [2.05, 4.69) is 5.32 Å². The fourth-order valence-electron chi connectivity index (χ4n) is 2.51. The van der Waals surface area contributed by atoms with Crippen molar-refractivity contribution in [3.63, 3.8) is 0 Å². The molecule has 0 fully saturated rings. The number of nitrogens with one attached hydrogen (secondary N) is 1. The number of fused-ring (bicyclic) bond motifs is 1. The van der Waals surface area contributed by atoms with Gasteiger partial charge in [0.25, 0.3) is 5.91 Å². The van der Waals surface area contributed by atoms with Gasteiger partial charge in [0.1, 0.15) is 0 Å². The van der Waals surface area contributed by atoms with Crippen molar-refractivity contribution >= 4 is 17.8 Å². The van der Waals surface area contributed by atoms with Crippen molar-refractivity contribution in [2.75, 3.05) is 0 Å². The van der Waals surface area contributed by atoms with Gasteiger partial charge in [-0.1, -0.05) is 18.2 Å². The molecule has 0 radical (unpaired) electrons. The molecule has 1 amide bonds. The fourth-order valence-corrected chi connectivity index (χ4v) is 2.51. The number of ether oxygens (including phenoxy) is 2. The standard InChI is InChI=1S/C17H21NO5/c1-9(2)22-16(20)13(17(21)23-10(3)4)14-11-7-5-6-8-12(11)15(19)18-14/h5-10,13-14H,1-4H3,(H,18,19)/t14-/m0/s1. The van der Waals surface area contributed by atoms with Gasteiger partial charge < -0.3 is 14.8 Å². The van der Waals surface area contributed by atoms with Crippen molar-refractivity contribution in [1.29, 1.82) is 0 Å². The summed E-state index contributed by atoms with van der Waals surface area (Å²) in [7, 11) is 0. The van der Waals surface area contributed by atoms with E-state index in [1.54, 1.807) is 52.0 Å². The zero-order valence-corrected chi connectivity index (χ0v) is 13.7. The van der Waals surface area contributed by atoms with Gasteiger partial charge in [0.05, 0.1) is 18.2 Å². The molecule has 0 spiro atoms. The van der Waals surface area contributed by atoms with Crippen molar-refractivity contribution in [3.8, 4) is 0 Å². The molecule has 0 saturated carbocycles. The van der Waals surface area contributed by atoms with Crippen LogP contribution in [0.5, 0.6) is 0 Å². The Morgan fingerprint density at radius 1 is 1.00 bits per heavy atom. The molecule has 0 aliphatic carbocycles. The largest absolute Gasteiger partial charge is 0.462 e. The van der Waals surface area contributed by atoms with Gasteiger partial charge in [0.2, 0.25) is 0 Å². The van der Waals surface area contributed by atoms with Crippen molar-refractivity contribution in [3.05, 3.63) is 35.4 Å². The Morgan fingerprint density at radius 2 is 1.52 bits per heavy atom. The smallest absolute Gasteiger partial charge is 0.323 e. The maximum Gasteiger partial charge on any atom is 0.323 e. The van der Waals surface area contributed by atoms with E-state index in [9.17, 15) is 14.4 Å². The first-order valence-electron chi connectivity index (χ1n) is 7.62. The Balaban J connectivity index is 2.36. The van der Waals surface area contributed by atoms with Gasteiger partial charge in [-0.05, 0) is 39.3 Å².